The Hall–Kier alpha value is -2.00. The maximum absolute atomic E-state index is 12.5. The van der Waals surface area contributed by atoms with Crippen LogP contribution >= 0.6 is 0 Å². The number of benzene rings is 1. The van der Waals surface area contributed by atoms with Crippen molar-refractivity contribution in [1.29, 1.82) is 0 Å². The molecule has 19 heavy (non-hydrogen) atoms. The summed E-state index contributed by atoms with van der Waals surface area (Å²) < 4.78 is 0. The van der Waals surface area contributed by atoms with Crippen molar-refractivity contribution in [2.45, 2.75) is 13.3 Å². The molecule has 0 aliphatic rings. The van der Waals surface area contributed by atoms with Crippen LogP contribution in [0.2, 0.25) is 0 Å². The number of ketones is 1. The summed E-state index contributed by atoms with van der Waals surface area (Å²) in [5.41, 5.74) is 3.49. The van der Waals surface area contributed by atoms with E-state index in [0.29, 0.717) is 5.56 Å². The molecule has 3 nitrogen and oxygen atoms in total. The van der Waals surface area contributed by atoms with Crippen LogP contribution in [0.15, 0.2) is 42.7 Å². The number of hydrogen-bond donors (Lipinski definition) is 1. The van der Waals surface area contributed by atoms with Crippen LogP contribution in [0.25, 0.3) is 0 Å². The molecule has 0 aliphatic carbocycles. The third-order valence-corrected chi connectivity index (χ3v) is 3.04. The van der Waals surface area contributed by atoms with Gasteiger partial charge in [-0.25, -0.2) is 0 Å². The van der Waals surface area contributed by atoms with E-state index >= 15 is 0 Å². The Morgan fingerprint density at radius 3 is 2.79 bits per heavy atom. The van der Waals surface area contributed by atoms with Crippen molar-refractivity contribution in [3.05, 3.63) is 65.0 Å². The lowest BCUT2D eigenvalue weighted by Crippen LogP contribution is -2.13. The van der Waals surface area contributed by atoms with Gasteiger partial charge in [0, 0.05) is 23.5 Å². The molecule has 0 saturated carbocycles. The first-order valence-corrected chi connectivity index (χ1v) is 6.41. The first-order valence-electron chi connectivity index (χ1n) is 6.41. The number of aromatic nitrogens is 1. The van der Waals surface area contributed by atoms with E-state index in [4.69, 9.17) is 0 Å². The summed E-state index contributed by atoms with van der Waals surface area (Å²) >= 11 is 0. The van der Waals surface area contributed by atoms with Crippen LogP contribution < -0.4 is 5.32 Å². The molecule has 0 bridgehead atoms. The van der Waals surface area contributed by atoms with Gasteiger partial charge < -0.3 is 5.32 Å². The van der Waals surface area contributed by atoms with Crippen LogP contribution in [0.1, 0.15) is 27.0 Å². The topological polar surface area (TPSA) is 42.0 Å². The van der Waals surface area contributed by atoms with Gasteiger partial charge in [-0.2, -0.15) is 0 Å². The molecule has 3 heteroatoms. The van der Waals surface area contributed by atoms with Crippen molar-refractivity contribution < 1.29 is 4.79 Å². The predicted octanol–water partition coefficient (Wildman–Crippen LogP) is 2.38. The van der Waals surface area contributed by atoms with E-state index in [1.807, 2.05) is 44.3 Å². The Balaban J connectivity index is 2.33. The summed E-state index contributed by atoms with van der Waals surface area (Å²) in [4.78, 5) is 16.6. The fraction of sp³-hybridized carbons (Fsp3) is 0.250. The van der Waals surface area contributed by atoms with Crippen molar-refractivity contribution in [3.63, 3.8) is 0 Å². The van der Waals surface area contributed by atoms with E-state index in [1.54, 1.807) is 12.4 Å². The summed E-state index contributed by atoms with van der Waals surface area (Å²) in [6.07, 6.45) is 4.23. The van der Waals surface area contributed by atoms with Crippen LogP contribution in [0.3, 0.4) is 0 Å². The van der Waals surface area contributed by atoms with Crippen molar-refractivity contribution in [2.24, 2.45) is 0 Å². The van der Waals surface area contributed by atoms with Crippen molar-refractivity contribution >= 4 is 5.78 Å². The molecule has 0 amide bonds. The Bertz CT molecular complexity index is 578. The molecular weight excluding hydrogens is 236 g/mol. The molecule has 0 spiro atoms. The van der Waals surface area contributed by atoms with Gasteiger partial charge in [0.15, 0.2) is 5.78 Å². The highest BCUT2D eigenvalue weighted by Gasteiger charge is 2.13. The number of carbonyl (C=O) groups excluding carboxylic acids is 1. The van der Waals surface area contributed by atoms with E-state index < -0.39 is 0 Å². The molecule has 1 aromatic carbocycles. The van der Waals surface area contributed by atoms with Gasteiger partial charge in [0.2, 0.25) is 0 Å². The van der Waals surface area contributed by atoms with Crippen LogP contribution in [-0.2, 0) is 6.42 Å². The SMILES string of the molecule is CNCCc1ccccc1C(=O)c1cncc(C)c1. The van der Waals surface area contributed by atoms with Gasteiger partial charge in [-0.15, -0.1) is 0 Å². The van der Waals surface area contributed by atoms with Crippen LogP contribution in [0.5, 0.6) is 0 Å². The standard InChI is InChI=1S/C16H18N2O/c1-12-9-14(11-18-10-12)16(19)15-6-4-3-5-13(15)7-8-17-2/h3-6,9-11,17H,7-8H2,1-2H3. The fourth-order valence-corrected chi connectivity index (χ4v) is 2.05. The molecule has 2 rings (SSSR count). The lowest BCUT2D eigenvalue weighted by molar-refractivity contribution is 0.103. The smallest absolute Gasteiger partial charge is 0.194 e. The van der Waals surface area contributed by atoms with E-state index in [0.717, 1.165) is 29.7 Å². The van der Waals surface area contributed by atoms with Crippen molar-refractivity contribution in [2.75, 3.05) is 13.6 Å². The van der Waals surface area contributed by atoms with Crippen molar-refractivity contribution in [3.8, 4) is 0 Å². The average Bonchev–Trinajstić information content (AvgIpc) is 2.44. The fourth-order valence-electron chi connectivity index (χ4n) is 2.05. The summed E-state index contributed by atoms with van der Waals surface area (Å²) in [6, 6.07) is 9.64. The molecule has 0 aliphatic heterocycles. The highest BCUT2D eigenvalue weighted by molar-refractivity contribution is 6.09. The maximum Gasteiger partial charge on any atom is 0.194 e. The second kappa shape index (κ2) is 6.25. The first kappa shape index (κ1) is 13.4. The first-order chi connectivity index (χ1) is 9.22. The number of nitrogens with zero attached hydrogens (tertiary/aromatic N) is 1. The number of hydrogen-bond acceptors (Lipinski definition) is 3. The summed E-state index contributed by atoms with van der Waals surface area (Å²) in [5, 5.41) is 3.11. The van der Waals surface area contributed by atoms with Gasteiger partial charge in [-0.05, 0) is 44.1 Å². The lowest BCUT2D eigenvalue weighted by atomic mass is 9.97. The highest BCUT2D eigenvalue weighted by atomic mass is 16.1. The van der Waals surface area contributed by atoms with Crippen molar-refractivity contribution in [1.82, 2.24) is 10.3 Å². The highest BCUT2D eigenvalue weighted by Crippen LogP contribution is 2.15. The number of rotatable bonds is 5. The zero-order chi connectivity index (χ0) is 13.7. The largest absolute Gasteiger partial charge is 0.319 e. The minimum Gasteiger partial charge on any atom is -0.319 e. The molecule has 98 valence electrons. The Kier molecular flexibility index (Phi) is 4.42. The van der Waals surface area contributed by atoms with Crippen LogP contribution in [-0.4, -0.2) is 24.4 Å². The van der Waals surface area contributed by atoms with E-state index in [2.05, 4.69) is 10.3 Å². The molecule has 0 unspecified atom stereocenters. The van der Waals surface area contributed by atoms with E-state index in [1.165, 1.54) is 0 Å². The Morgan fingerprint density at radius 2 is 2.05 bits per heavy atom. The number of likely N-dealkylation sites (N-methyl/N-ethyl adjacent to an activating group) is 1. The van der Waals surface area contributed by atoms with E-state index in [9.17, 15) is 4.79 Å². The average molecular weight is 254 g/mol. The minimum atomic E-state index is 0.0444. The van der Waals surface area contributed by atoms with Gasteiger partial charge in [0.25, 0.3) is 0 Å². The third-order valence-electron chi connectivity index (χ3n) is 3.04. The normalized spacial score (nSPS) is 10.4. The quantitative estimate of drug-likeness (QED) is 0.833. The minimum absolute atomic E-state index is 0.0444. The number of carbonyl (C=O) groups is 1. The molecule has 0 fully saturated rings. The number of aryl methyl sites for hydroxylation is 1. The number of pyridine rings is 1. The number of nitrogens with one attached hydrogen (secondary N) is 1. The van der Waals surface area contributed by atoms with Gasteiger partial charge >= 0.3 is 0 Å². The second-order valence-electron chi connectivity index (χ2n) is 4.59. The lowest BCUT2D eigenvalue weighted by Gasteiger charge is -2.08. The summed E-state index contributed by atoms with van der Waals surface area (Å²) in [5.74, 6) is 0.0444. The molecule has 0 saturated heterocycles. The van der Waals surface area contributed by atoms with Gasteiger partial charge in [0.1, 0.15) is 0 Å². The van der Waals surface area contributed by atoms with Crippen LogP contribution in [0, 0.1) is 6.92 Å². The summed E-state index contributed by atoms with van der Waals surface area (Å²) in [6.45, 7) is 2.80. The zero-order valence-electron chi connectivity index (χ0n) is 11.3. The molecular formula is C16H18N2O. The second-order valence-corrected chi connectivity index (χ2v) is 4.59. The predicted molar refractivity (Wildman–Crippen MR) is 76.5 cm³/mol. The molecule has 1 aromatic heterocycles. The molecule has 0 atom stereocenters. The third kappa shape index (κ3) is 3.26. The Morgan fingerprint density at radius 1 is 1.26 bits per heavy atom. The van der Waals surface area contributed by atoms with Gasteiger partial charge in [-0.3, -0.25) is 9.78 Å². The molecule has 1 heterocycles. The zero-order valence-corrected chi connectivity index (χ0v) is 11.3. The maximum atomic E-state index is 12.5. The van der Waals surface area contributed by atoms with Gasteiger partial charge in [0.05, 0.1) is 0 Å². The van der Waals surface area contributed by atoms with Gasteiger partial charge in [-0.1, -0.05) is 24.3 Å². The molecule has 0 radical (unpaired) electrons. The monoisotopic (exact) mass is 254 g/mol. The Labute approximate surface area is 113 Å². The van der Waals surface area contributed by atoms with E-state index in [-0.39, 0.29) is 5.78 Å². The summed E-state index contributed by atoms with van der Waals surface area (Å²) in [7, 11) is 1.91. The van der Waals surface area contributed by atoms with Crippen LogP contribution in [0.4, 0.5) is 0 Å². The molecule has 1 N–H and O–H groups in total. The molecule has 2 aromatic rings.